The number of nitrogens with one attached hydrogen (secondary N) is 2. The van der Waals surface area contributed by atoms with Gasteiger partial charge in [-0.05, 0) is 47.1 Å². The first-order valence-corrected chi connectivity index (χ1v) is 7.10. The number of benzene rings is 1. The first kappa shape index (κ1) is 13.8. The lowest BCUT2D eigenvalue weighted by molar-refractivity contribution is 0.0849. The van der Waals surface area contributed by atoms with Crippen molar-refractivity contribution in [3.8, 4) is 0 Å². The molecule has 2 aromatic rings. The highest BCUT2D eigenvalue weighted by molar-refractivity contribution is 9.11. The largest absolute Gasteiger partial charge is 0.279 e. The second-order valence-corrected chi connectivity index (χ2v) is 6.34. The van der Waals surface area contributed by atoms with E-state index in [-0.39, 0.29) is 11.8 Å². The van der Waals surface area contributed by atoms with Crippen LogP contribution in [-0.4, -0.2) is 11.8 Å². The summed E-state index contributed by atoms with van der Waals surface area (Å²) in [6.07, 6.45) is 0. The van der Waals surface area contributed by atoms with Gasteiger partial charge in [-0.3, -0.25) is 20.4 Å². The lowest BCUT2D eigenvalue weighted by Crippen LogP contribution is -2.41. The Morgan fingerprint density at radius 3 is 2.21 bits per heavy atom. The first-order chi connectivity index (χ1) is 9.06. The van der Waals surface area contributed by atoms with Crippen molar-refractivity contribution in [1.82, 2.24) is 10.9 Å². The van der Waals surface area contributed by atoms with Crippen molar-refractivity contribution in [2.45, 2.75) is 6.92 Å². The van der Waals surface area contributed by atoms with Crippen molar-refractivity contribution in [2.75, 3.05) is 0 Å². The number of thiophene rings is 1. The maximum atomic E-state index is 11.8. The van der Waals surface area contributed by atoms with Crippen molar-refractivity contribution < 1.29 is 9.59 Å². The number of hydrogen-bond acceptors (Lipinski definition) is 3. The van der Waals surface area contributed by atoms with Crippen LogP contribution in [0.2, 0.25) is 0 Å². The Morgan fingerprint density at radius 2 is 1.63 bits per heavy atom. The number of hydrazine groups is 1. The molecule has 19 heavy (non-hydrogen) atoms. The van der Waals surface area contributed by atoms with Crippen LogP contribution in [0.25, 0.3) is 0 Å². The second kappa shape index (κ2) is 5.99. The van der Waals surface area contributed by atoms with Crippen LogP contribution in [0.4, 0.5) is 0 Å². The van der Waals surface area contributed by atoms with Crippen LogP contribution in [-0.2, 0) is 0 Å². The molecule has 2 N–H and O–H groups in total. The molecular weight excluding hydrogens is 328 g/mol. The maximum absolute atomic E-state index is 11.8. The van der Waals surface area contributed by atoms with E-state index in [0.29, 0.717) is 10.4 Å². The summed E-state index contributed by atoms with van der Waals surface area (Å²) < 4.78 is 0.863. The van der Waals surface area contributed by atoms with Crippen molar-refractivity contribution in [2.24, 2.45) is 0 Å². The van der Waals surface area contributed by atoms with Gasteiger partial charge in [-0.25, -0.2) is 0 Å². The lowest BCUT2D eigenvalue weighted by atomic mass is 10.1. The number of rotatable bonds is 2. The molecule has 0 atom stereocenters. The zero-order chi connectivity index (χ0) is 13.8. The summed E-state index contributed by atoms with van der Waals surface area (Å²) in [5.41, 5.74) is 6.33. The van der Waals surface area contributed by atoms with E-state index in [1.54, 1.807) is 24.3 Å². The zero-order valence-corrected chi connectivity index (χ0v) is 12.5. The van der Waals surface area contributed by atoms with Crippen molar-refractivity contribution in [3.63, 3.8) is 0 Å². The number of halogens is 1. The molecule has 2 amide bonds. The van der Waals surface area contributed by atoms with Crippen molar-refractivity contribution in [1.29, 1.82) is 0 Å². The van der Waals surface area contributed by atoms with Gasteiger partial charge in [-0.2, -0.15) is 0 Å². The first-order valence-electron chi connectivity index (χ1n) is 5.49. The fourth-order valence-electron chi connectivity index (χ4n) is 1.39. The van der Waals surface area contributed by atoms with E-state index in [1.807, 2.05) is 19.1 Å². The number of aryl methyl sites for hydroxylation is 1. The van der Waals surface area contributed by atoms with Crippen LogP contribution in [0.15, 0.2) is 40.2 Å². The molecule has 0 saturated carbocycles. The Balaban J connectivity index is 1.93. The Kier molecular flexibility index (Phi) is 4.34. The molecule has 98 valence electrons. The fourth-order valence-corrected chi connectivity index (χ4v) is 2.67. The van der Waals surface area contributed by atoms with E-state index in [2.05, 4.69) is 26.8 Å². The van der Waals surface area contributed by atoms with Crippen molar-refractivity contribution in [3.05, 3.63) is 56.2 Å². The molecule has 0 aliphatic rings. The average molecular weight is 339 g/mol. The Bertz CT molecular complexity index is 607. The van der Waals surface area contributed by atoms with E-state index in [9.17, 15) is 9.59 Å². The van der Waals surface area contributed by atoms with Crippen molar-refractivity contribution >= 4 is 39.1 Å². The van der Waals surface area contributed by atoms with Gasteiger partial charge >= 0.3 is 0 Å². The predicted octanol–water partition coefficient (Wildman–Crippen LogP) is 2.89. The predicted molar refractivity (Wildman–Crippen MR) is 78.1 cm³/mol. The van der Waals surface area contributed by atoms with Gasteiger partial charge in [0.25, 0.3) is 11.8 Å². The van der Waals surface area contributed by atoms with E-state index in [4.69, 9.17) is 0 Å². The topological polar surface area (TPSA) is 58.2 Å². The molecule has 1 aromatic carbocycles. The summed E-state index contributed by atoms with van der Waals surface area (Å²) in [6, 6.07) is 10.6. The molecule has 0 spiro atoms. The normalized spacial score (nSPS) is 10.0. The number of carbonyl (C=O) groups is 2. The molecule has 1 aromatic heterocycles. The molecule has 0 fully saturated rings. The quantitative estimate of drug-likeness (QED) is 0.827. The Hall–Kier alpha value is -1.66. The molecule has 4 nitrogen and oxygen atoms in total. The minimum atomic E-state index is -0.344. The van der Waals surface area contributed by atoms with Gasteiger partial charge in [-0.1, -0.05) is 17.7 Å². The second-order valence-electron chi connectivity index (χ2n) is 3.88. The van der Waals surface area contributed by atoms with E-state index in [1.165, 1.54) is 11.3 Å². The monoisotopic (exact) mass is 338 g/mol. The third-order valence-electron chi connectivity index (χ3n) is 2.40. The summed E-state index contributed by atoms with van der Waals surface area (Å²) in [6.45, 7) is 1.94. The zero-order valence-electron chi connectivity index (χ0n) is 10.1. The molecular formula is C13H11BrN2O2S. The molecule has 0 aliphatic carbocycles. The molecule has 6 heteroatoms. The van der Waals surface area contributed by atoms with Crippen LogP contribution in [0.3, 0.4) is 0 Å². The molecule has 0 unspecified atom stereocenters. The Labute approximate surface area is 122 Å². The molecule has 1 heterocycles. The van der Waals surface area contributed by atoms with Crippen LogP contribution in [0.1, 0.15) is 25.6 Å². The highest BCUT2D eigenvalue weighted by Gasteiger charge is 2.10. The average Bonchev–Trinajstić information content (AvgIpc) is 2.83. The number of amides is 2. The molecule has 0 radical (unpaired) electrons. The van der Waals surface area contributed by atoms with Gasteiger partial charge in [0.05, 0.1) is 8.66 Å². The fraction of sp³-hybridized carbons (Fsp3) is 0.0769. The molecule has 0 saturated heterocycles. The van der Waals surface area contributed by atoms with Gasteiger partial charge in [0.2, 0.25) is 0 Å². The highest BCUT2D eigenvalue weighted by atomic mass is 79.9. The van der Waals surface area contributed by atoms with Gasteiger partial charge in [0.1, 0.15) is 0 Å². The minimum absolute atomic E-state index is 0.337. The standard InChI is InChI=1S/C13H11BrN2O2S/c1-8-2-4-9(5-3-8)12(17)15-16-13(18)10-6-7-11(14)19-10/h2-7H,1H3,(H,15,17)(H,16,18). The third kappa shape index (κ3) is 3.65. The summed E-state index contributed by atoms with van der Waals surface area (Å²) in [4.78, 5) is 24.0. The lowest BCUT2D eigenvalue weighted by Gasteiger charge is -2.06. The SMILES string of the molecule is Cc1ccc(C(=O)NNC(=O)c2ccc(Br)s2)cc1. The van der Waals surface area contributed by atoms with E-state index in [0.717, 1.165) is 9.35 Å². The summed E-state index contributed by atoms with van der Waals surface area (Å²) in [5.74, 6) is -0.680. The van der Waals surface area contributed by atoms with Crippen LogP contribution >= 0.6 is 27.3 Å². The number of carbonyl (C=O) groups excluding carboxylic acids is 2. The summed E-state index contributed by atoms with van der Waals surface area (Å²) in [7, 11) is 0. The van der Waals surface area contributed by atoms with Crippen LogP contribution < -0.4 is 10.9 Å². The molecule has 0 aliphatic heterocycles. The summed E-state index contributed by atoms with van der Waals surface area (Å²) >= 11 is 4.57. The van der Waals surface area contributed by atoms with Gasteiger partial charge in [0.15, 0.2) is 0 Å². The number of hydrogen-bond donors (Lipinski definition) is 2. The van der Waals surface area contributed by atoms with Gasteiger partial charge < -0.3 is 0 Å². The van der Waals surface area contributed by atoms with Gasteiger partial charge in [0, 0.05) is 5.56 Å². The third-order valence-corrected chi connectivity index (χ3v) is 4.02. The minimum Gasteiger partial charge on any atom is -0.267 e. The smallest absolute Gasteiger partial charge is 0.267 e. The van der Waals surface area contributed by atoms with E-state index < -0.39 is 0 Å². The van der Waals surface area contributed by atoms with E-state index >= 15 is 0 Å². The molecule has 0 bridgehead atoms. The Morgan fingerprint density at radius 1 is 1.00 bits per heavy atom. The van der Waals surface area contributed by atoms with Gasteiger partial charge in [-0.15, -0.1) is 11.3 Å². The highest BCUT2D eigenvalue weighted by Crippen LogP contribution is 2.21. The summed E-state index contributed by atoms with van der Waals surface area (Å²) in [5, 5.41) is 0. The van der Waals surface area contributed by atoms with Crippen LogP contribution in [0, 0.1) is 6.92 Å². The van der Waals surface area contributed by atoms with Crippen LogP contribution in [0.5, 0.6) is 0 Å². The molecule has 2 rings (SSSR count). The maximum Gasteiger partial charge on any atom is 0.279 e.